The van der Waals surface area contributed by atoms with E-state index >= 15 is 0 Å². The SMILES string of the molecule is C=NC1C[C@H](n2cc(C)c(=O)n(CCOCCNC(=O)c3ccc(F)c(C(F)(F)F)c3)c2=O)O[C@@H]1CO. The van der Waals surface area contributed by atoms with E-state index in [1.807, 2.05) is 0 Å². The topological polar surface area (TPSA) is 124 Å². The van der Waals surface area contributed by atoms with Crippen molar-refractivity contribution in [3.8, 4) is 0 Å². The minimum Gasteiger partial charge on any atom is -0.394 e. The van der Waals surface area contributed by atoms with Gasteiger partial charge in [0.25, 0.3) is 11.5 Å². The Morgan fingerprint density at radius 1 is 1.32 bits per heavy atom. The lowest BCUT2D eigenvalue weighted by molar-refractivity contribution is -0.140. The zero-order chi connectivity index (χ0) is 27.3. The minimum absolute atomic E-state index is 0.0651. The number of aliphatic hydroxyl groups excluding tert-OH is 1. The van der Waals surface area contributed by atoms with Gasteiger partial charge < -0.3 is 19.9 Å². The molecule has 0 bridgehead atoms. The van der Waals surface area contributed by atoms with Crippen LogP contribution in [0, 0.1) is 12.7 Å². The Morgan fingerprint density at radius 2 is 2.05 bits per heavy atom. The molecule has 0 spiro atoms. The van der Waals surface area contributed by atoms with E-state index in [1.165, 1.54) is 17.7 Å². The van der Waals surface area contributed by atoms with Gasteiger partial charge in [0.05, 0.1) is 38.0 Å². The highest BCUT2D eigenvalue weighted by Crippen LogP contribution is 2.32. The summed E-state index contributed by atoms with van der Waals surface area (Å²) in [6.07, 6.45) is -4.64. The number of nitrogens with zero attached hydrogens (tertiary/aromatic N) is 3. The van der Waals surface area contributed by atoms with Crippen LogP contribution >= 0.6 is 0 Å². The number of halogens is 4. The number of aliphatic imine (C=N–C) groups is 1. The van der Waals surface area contributed by atoms with Gasteiger partial charge in [-0.3, -0.25) is 23.7 Å². The molecular formula is C23H26F4N4O6. The molecule has 0 saturated carbocycles. The maximum atomic E-state index is 13.4. The summed E-state index contributed by atoms with van der Waals surface area (Å²) in [7, 11) is 0. The van der Waals surface area contributed by atoms with Gasteiger partial charge in [0.1, 0.15) is 18.1 Å². The highest BCUT2D eigenvalue weighted by molar-refractivity contribution is 5.94. The number of hydrogen-bond donors (Lipinski definition) is 2. The molecule has 3 rings (SSSR count). The van der Waals surface area contributed by atoms with Crippen molar-refractivity contribution in [2.45, 2.75) is 44.4 Å². The van der Waals surface area contributed by atoms with Crippen LogP contribution in [0.25, 0.3) is 0 Å². The van der Waals surface area contributed by atoms with Crippen molar-refractivity contribution in [2.75, 3.05) is 26.4 Å². The van der Waals surface area contributed by atoms with Gasteiger partial charge in [-0.25, -0.2) is 9.18 Å². The lowest BCUT2D eigenvalue weighted by Gasteiger charge is -2.17. The number of aryl methyl sites for hydroxylation is 1. The Labute approximate surface area is 208 Å². The average molecular weight is 530 g/mol. The van der Waals surface area contributed by atoms with E-state index in [9.17, 15) is 37.1 Å². The van der Waals surface area contributed by atoms with Crippen LogP contribution < -0.4 is 16.6 Å². The molecule has 1 amide bonds. The molecule has 14 heteroatoms. The predicted octanol–water partition coefficient (Wildman–Crippen LogP) is 1.27. The van der Waals surface area contributed by atoms with Crippen molar-refractivity contribution in [2.24, 2.45) is 4.99 Å². The van der Waals surface area contributed by atoms with Crippen LogP contribution in [0.3, 0.4) is 0 Å². The summed E-state index contributed by atoms with van der Waals surface area (Å²) < 4.78 is 65.1. The third-order valence-corrected chi connectivity index (χ3v) is 5.82. The second-order valence-electron chi connectivity index (χ2n) is 8.32. The highest BCUT2D eigenvalue weighted by Gasteiger charge is 2.36. The van der Waals surface area contributed by atoms with E-state index in [2.05, 4.69) is 17.0 Å². The van der Waals surface area contributed by atoms with Crippen molar-refractivity contribution in [1.29, 1.82) is 0 Å². The fourth-order valence-corrected chi connectivity index (χ4v) is 3.88. The number of rotatable bonds is 10. The second-order valence-corrected chi connectivity index (χ2v) is 8.32. The molecule has 1 aromatic heterocycles. The molecule has 1 fully saturated rings. The fraction of sp³-hybridized carbons (Fsp3) is 0.478. The van der Waals surface area contributed by atoms with Gasteiger partial charge in [0.2, 0.25) is 0 Å². The number of alkyl halides is 3. The molecule has 37 heavy (non-hydrogen) atoms. The van der Waals surface area contributed by atoms with Crippen LogP contribution in [0.5, 0.6) is 0 Å². The maximum Gasteiger partial charge on any atom is 0.419 e. The van der Waals surface area contributed by atoms with Crippen molar-refractivity contribution in [3.63, 3.8) is 0 Å². The normalized spacial score (nSPS) is 19.7. The lowest BCUT2D eigenvalue weighted by atomic mass is 10.1. The molecule has 1 unspecified atom stereocenters. The molecule has 3 atom stereocenters. The number of hydrogen-bond acceptors (Lipinski definition) is 7. The van der Waals surface area contributed by atoms with Crippen LogP contribution in [0.2, 0.25) is 0 Å². The quantitative estimate of drug-likeness (QED) is 0.271. The van der Waals surface area contributed by atoms with Crippen molar-refractivity contribution >= 4 is 12.6 Å². The second kappa shape index (κ2) is 11.8. The molecule has 2 heterocycles. The number of nitrogens with one attached hydrogen (secondary N) is 1. The number of ether oxygens (including phenoxy) is 2. The molecule has 202 valence electrons. The standard InChI is InChI=1S/C23H26F4N4O6/c1-13-11-31(19-10-17(28-2)18(12-32)37-19)22(35)30(21(13)34)6-8-36-7-5-29-20(33)14-3-4-16(24)15(9-14)23(25,26)27/h3-4,9,11,17-19,32H,2,5-8,10,12H2,1H3,(H,29,33)/t17?,18-,19-/m1/s1. The molecule has 0 radical (unpaired) electrons. The summed E-state index contributed by atoms with van der Waals surface area (Å²) in [5.74, 6) is -2.33. The first-order valence-corrected chi connectivity index (χ1v) is 11.2. The Morgan fingerprint density at radius 3 is 2.68 bits per heavy atom. The molecule has 2 N–H and O–H groups in total. The van der Waals surface area contributed by atoms with Crippen LogP contribution in [0.15, 0.2) is 39.0 Å². The molecule has 2 aromatic rings. The first-order valence-electron chi connectivity index (χ1n) is 11.2. The monoisotopic (exact) mass is 530 g/mol. The summed E-state index contributed by atoms with van der Waals surface area (Å²) >= 11 is 0. The first kappa shape index (κ1) is 28.2. The number of benzene rings is 1. The maximum absolute atomic E-state index is 13.4. The predicted molar refractivity (Wildman–Crippen MR) is 123 cm³/mol. The highest BCUT2D eigenvalue weighted by atomic mass is 19.4. The fourth-order valence-electron chi connectivity index (χ4n) is 3.88. The van der Waals surface area contributed by atoms with Gasteiger partial charge in [0, 0.05) is 30.3 Å². The molecule has 1 aliphatic rings. The zero-order valence-electron chi connectivity index (χ0n) is 19.8. The Hall–Kier alpha value is -3.36. The lowest BCUT2D eigenvalue weighted by Crippen LogP contribution is -2.43. The number of amides is 1. The van der Waals surface area contributed by atoms with Gasteiger partial charge in [0.15, 0.2) is 0 Å². The summed E-state index contributed by atoms with van der Waals surface area (Å²) in [5, 5.41) is 11.8. The number of aliphatic hydroxyl groups is 1. The number of aromatic nitrogens is 2. The van der Waals surface area contributed by atoms with E-state index in [0.29, 0.717) is 18.6 Å². The number of carbonyl (C=O) groups is 1. The van der Waals surface area contributed by atoms with E-state index in [0.717, 1.165) is 10.6 Å². The molecule has 1 saturated heterocycles. The van der Waals surface area contributed by atoms with Crippen molar-refractivity contribution in [3.05, 3.63) is 67.7 Å². The Kier molecular flexibility index (Phi) is 8.99. The van der Waals surface area contributed by atoms with Gasteiger partial charge in [-0.05, 0) is 31.8 Å². The van der Waals surface area contributed by atoms with Gasteiger partial charge in [-0.2, -0.15) is 13.2 Å². The van der Waals surface area contributed by atoms with E-state index in [4.69, 9.17) is 9.47 Å². The van der Waals surface area contributed by atoms with Crippen molar-refractivity contribution in [1.82, 2.24) is 14.5 Å². The van der Waals surface area contributed by atoms with Gasteiger partial charge in [-0.1, -0.05) is 0 Å². The molecular weight excluding hydrogens is 504 g/mol. The summed E-state index contributed by atoms with van der Waals surface area (Å²) in [4.78, 5) is 41.4. The van der Waals surface area contributed by atoms with Gasteiger partial charge in [-0.15, -0.1) is 0 Å². The third kappa shape index (κ3) is 6.50. The summed E-state index contributed by atoms with van der Waals surface area (Å²) in [6.45, 7) is 4.36. The number of carbonyl (C=O) groups excluding carboxylic acids is 1. The van der Waals surface area contributed by atoms with E-state index in [-0.39, 0.29) is 44.0 Å². The van der Waals surface area contributed by atoms with Crippen LogP contribution in [-0.4, -0.2) is 65.4 Å². The van der Waals surface area contributed by atoms with E-state index < -0.39 is 53.1 Å². The smallest absolute Gasteiger partial charge is 0.394 e. The van der Waals surface area contributed by atoms with Crippen LogP contribution in [0.4, 0.5) is 17.6 Å². The molecule has 1 aromatic carbocycles. The molecule has 10 nitrogen and oxygen atoms in total. The van der Waals surface area contributed by atoms with Gasteiger partial charge >= 0.3 is 11.9 Å². The molecule has 1 aliphatic heterocycles. The summed E-state index contributed by atoms with van der Waals surface area (Å²) in [6, 6.07) is 1.51. The largest absolute Gasteiger partial charge is 0.419 e. The molecule has 0 aliphatic carbocycles. The van der Waals surface area contributed by atoms with Crippen molar-refractivity contribution < 1.29 is 36.9 Å². The zero-order valence-corrected chi connectivity index (χ0v) is 19.8. The summed E-state index contributed by atoms with van der Waals surface area (Å²) in [5.41, 5.74) is -2.80. The van der Waals surface area contributed by atoms with Crippen LogP contribution in [-0.2, 0) is 22.2 Å². The average Bonchev–Trinajstić information content (AvgIpc) is 3.28. The minimum atomic E-state index is -4.94. The van der Waals surface area contributed by atoms with Crippen LogP contribution in [0.1, 0.15) is 34.1 Å². The van der Waals surface area contributed by atoms with E-state index in [1.54, 1.807) is 0 Å². The third-order valence-electron chi connectivity index (χ3n) is 5.82. The first-order chi connectivity index (χ1) is 17.5. The Balaban J connectivity index is 1.55. The Bertz CT molecular complexity index is 1260.